The fourth-order valence-electron chi connectivity index (χ4n) is 1.98. The van der Waals surface area contributed by atoms with Gasteiger partial charge in [-0.3, -0.25) is 0 Å². The number of thiocarbonyl (C=S) groups is 2. The molecule has 0 aromatic heterocycles. The standard InChI is InChI=1S/C16H14O5S3/c1-7-3-9(13(19)5-11(7)17)15(22)24(21)16(23)10-4-8(2)12(18)6-14(10)20/h3-6,17-20H,1-2H3. The van der Waals surface area contributed by atoms with E-state index in [9.17, 15) is 24.6 Å². The van der Waals surface area contributed by atoms with Gasteiger partial charge in [0.05, 0.1) is 0 Å². The zero-order chi connectivity index (χ0) is 18.2. The van der Waals surface area contributed by atoms with Gasteiger partial charge in [0.2, 0.25) is 0 Å². The van der Waals surface area contributed by atoms with E-state index >= 15 is 0 Å². The van der Waals surface area contributed by atoms with Crippen molar-refractivity contribution in [2.45, 2.75) is 13.8 Å². The maximum Gasteiger partial charge on any atom is 0.128 e. The number of benzene rings is 2. The van der Waals surface area contributed by atoms with Crippen LogP contribution in [0.5, 0.6) is 23.0 Å². The van der Waals surface area contributed by atoms with Crippen molar-refractivity contribution in [3.05, 3.63) is 46.5 Å². The van der Waals surface area contributed by atoms with E-state index in [0.29, 0.717) is 11.1 Å². The van der Waals surface area contributed by atoms with Crippen molar-refractivity contribution in [1.29, 1.82) is 0 Å². The Bertz CT molecular complexity index is 818. The first-order chi connectivity index (χ1) is 11.1. The maximum absolute atomic E-state index is 12.6. The highest BCUT2D eigenvalue weighted by atomic mass is 32.2. The fraction of sp³-hybridized carbons (Fsp3) is 0.125. The molecule has 24 heavy (non-hydrogen) atoms. The van der Waals surface area contributed by atoms with Crippen molar-refractivity contribution in [3.63, 3.8) is 0 Å². The summed E-state index contributed by atoms with van der Waals surface area (Å²) in [5.74, 6) is -0.853. The molecule has 4 N–H and O–H groups in total. The number of aryl methyl sites for hydroxylation is 2. The first-order valence-corrected chi connectivity index (χ1v) is 8.65. The quantitative estimate of drug-likeness (QED) is 0.593. The summed E-state index contributed by atoms with van der Waals surface area (Å²) in [5, 5.41) is 39.0. The van der Waals surface area contributed by atoms with Gasteiger partial charge in [-0.1, -0.05) is 24.4 Å². The zero-order valence-electron chi connectivity index (χ0n) is 12.7. The minimum absolute atomic E-state index is 0.112. The second kappa shape index (κ2) is 6.84. The van der Waals surface area contributed by atoms with Gasteiger partial charge < -0.3 is 20.4 Å². The lowest BCUT2D eigenvalue weighted by Crippen LogP contribution is -2.16. The normalized spacial score (nSPS) is 10.8. The SMILES string of the molecule is Cc1cc(C(=S)S(=O)C(=S)c2cc(C)c(O)cc2O)c(O)cc1O. The van der Waals surface area contributed by atoms with Gasteiger partial charge in [0.1, 0.15) is 42.2 Å². The van der Waals surface area contributed by atoms with Crippen LogP contribution in [0.4, 0.5) is 0 Å². The molecule has 0 saturated heterocycles. The van der Waals surface area contributed by atoms with Gasteiger partial charge in [-0.15, -0.1) is 0 Å². The first kappa shape index (κ1) is 18.3. The average Bonchev–Trinajstić information content (AvgIpc) is 2.52. The molecular weight excluding hydrogens is 368 g/mol. The number of hydrogen-bond donors (Lipinski definition) is 4. The van der Waals surface area contributed by atoms with Crippen LogP contribution in [0.2, 0.25) is 0 Å². The van der Waals surface area contributed by atoms with Crippen LogP contribution in [0.1, 0.15) is 22.3 Å². The molecule has 2 rings (SSSR count). The summed E-state index contributed by atoms with van der Waals surface area (Å²) in [4.78, 5) is 0. The molecule has 0 aliphatic heterocycles. The van der Waals surface area contributed by atoms with Gasteiger partial charge >= 0.3 is 0 Å². The van der Waals surface area contributed by atoms with E-state index in [1.807, 2.05) is 0 Å². The largest absolute Gasteiger partial charge is 0.508 e. The molecule has 0 unspecified atom stereocenters. The van der Waals surface area contributed by atoms with E-state index in [2.05, 4.69) is 0 Å². The Hall–Kier alpha value is -2.03. The van der Waals surface area contributed by atoms with Crippen LogP contribution >= 0.6 is 24.4 Å². The van der Waals surface area contributed by atoms with Gasteiger partial charge in [0.25, 0.3) is 0 Å². The Labute approximate surface area is 151 Å². The Morgan fingerprint density at radius 1 is 0.750 bits per heavy atom. The van der Waals surface area contributed by atoms with Crippen LogP contribution in [-0.4, -0.2) is 33.0 Å². The molecule has 0 amide bonds. The van der Waals surface area contributed by atoms with E-state index in [1.165, 1.54) is 12.1 Å². The van der Waals surface area contributed by atoms with Crippen molar-refractivity contribution in [2.24, 2.45) is 0 Å². The molecule has 2 aromatic rings. The van der Waals surface area contributed by atoms with Crippen molar-refractivity contribution in [3.8, 4) is 23.0 Å². The monoisotopic (exact) mass is 382 g/mol. The second-order valence-electron chi connectivity index (χ2n) is 5.16. The molecule has 0 heterocycles. The Balaban J connectivity index is 2.42. The highest BCUT2D eigenvalue weighted by molar-refractivity contribution is 8.29. The Kier molecular flexibility index (Phi) is 5.22. The summed E-state index contributed by atoms with van der Waals surface area (Å²) < 4.78 is 12.4. The van der Waals surface area contributed by atoms with Gasteiger partial charge in [-0.25, -0.2) is 4.21 Å². The molecule has 0 aliphatic carbocycles. The minimum Gasteiger partial charge on any atom is -0.508 e. The molecule has 0 bridgehead atoms. The summed E-state index contributed by atoms with van der Waals surface area (Å²) in [6.07, 6.45) is 0. The number of rotatable bonds is 2. The lowest BCUT2D eigenvalue weighted by Gasteiger charge is -2.11. The molecule has 5 nitrogen and oxygen atoms in total. The fourth-order valence-corrected chi connectivity index (χ4v) is 3.86. The topological polar surface area (TPSA) is 98.0 Å². The number of phenolic OH excluding ortho intramolecular Hbond substituents is 4. The molecule has 0 radical (unpaired) electrons. The minimum atomic E-state index is -1.98. The molecule has 0 aliphatic rings. The van der Waals surface area contributed by atoms with Crippen LogP contribution in [0.3, 0.4) is 0 Å². The summed E-state index contributed by atoms with van der Waals surface area (Å²) >= 11 is 10.3. The van der Waals surface area contributed by atoms with Crippen molar-refractivity contribution in [1.82, 2.24) is 0 Å². The average molecular weight is 382 g/mol. The molecule has 8 heteroatoms. The number of hydrogen-bond acceptors (Lipinski definition) is 7. The third-order valence-corrected chi connectivity index (χ3v) is 5.87. The highest BCUT2D eigenvalue weighted by Gasteiger charge is 2.23. The number of aromatic hydroxyl groups is 4. The van der Waals surface area contributed by atoms with E-state index in [4.69, 9.17) is 24.4 Å². The number of phenols is 4. The third kappa shape index (κ3) is 3.40. The predicted octanol–water partition coefficient (Wildman–Crippen LogP) is 2.93. The molecule has 0 saturated carbocycles. The smallest absolute Gasteiger partial charge is 0.128 e. The summed E-state index contributed by atoms with van der Waals surface area (Å²) in [7, 11) is -1.98. The van der Waals surface area contributed by atoms with Gasteiger partial charge in [0, 0.05) is 23.3 Å². The maximum atomic E-state index is 12.6. The van der Waals surface area contributed by atoms with E-state index in [0.717, 1.165) is 12.1 Å². The van der Waals surface area contributed by atoms with Crippen molar-refractivity contribution < 1.29 is 24.6 Å². The van der Waals surface area contributed by atoms with Crippen LogP contribution in [-0.2, 0) is 10.8 Å². The van der Waals surface area contributed by atoms with Crippen LogP contribution in [0.25, 0.3) is 0 Å². The van der Waals surface area contributed by atoms with Crippen LogP contribution in [0.15, 0.2) is 24.3 Å². The molecular formula is C16H14O5S3. The highest BCUT2D eigenvalue weighted by Crippen LogP contribution is 2.31. The second-order valence-corrected chi connectivity index (χ2v) is 7.84. The molecule has 0 fully saturated rings. The van der Waals surface area contributed by atoms with Gasteiger partial charge in [-0.05, 0) is 37.1 Å². The zero-order valence-corrected chi connectivity index (χ0v) is 15.2. The first-order valence-electron chi connectivity index (χ1n) is 6.69. The Morgan fingerprint density at radius 2 is 1.08 bits per heavy atom. The van der Waals surface area contributed by atoms with Crippen LogP contribution in [0, 0.1) is 13.8 Å². The van der Waals surface area contributed by atoms with Gasteiger partial charge in [0.15, 0.2) is 0 Å². The van der Waals surface area contributed by atoms with Crippen molar-refractivity contribution in [2.75, 3.05) is 0 Å². The van der Waals surface area contributed by atoms with Crippen LogP contribution < -0.4 is 0 Å². The molecule has 0 spiro atoms. The molecule has 0 atom stereocenters. The lowest BCUT2D eigenvalue weighted by molar-refractivity contribution is 0.446. The Morgan fingerprint density at radius 3 is 1.42 bits per heavy atom. The van der Waals surface area contributed by atoms with Crippen molar-refractivity contribution >= 4 is 43.6 Å². The lowest BCUT2D eigenvalue weighted by atomic mass is 10.1. The van der Waals surface area contributed by atoms with E-state index in [-0.39, 0.29) is 42.5 Å². The predicted molar refractivity (Wildman–Crippen MR) is 101 cm³/mol. The van der Waals surface area contributed by atoms with Gasteiger partial charge in [-0.2, -0.15) is 0 Å². The summed E-state index contributed by atoms with van der Waals surface area (Å²) in [6.45, 7) is 3.22. The third-order valence-electron chi connectivity index (χ3n) is 3.41. The molecule has 2 aromatic carbocycles. The summed E-state index contributed by atoms with van der Waals surface area (Å²) in [5.41, 5.74) is 1.15. The van der Waals surface area contributed by atoms with E-state index < -0.39 is 10.8 Å². The molecule has 126 valence electrons. The van der Waals surface area contributed by atoms with E-state index in [1.54, 1.807) is 13.8 Å². The summed E-state index contributed by atoms with van der Waals surface area (Å²) in [6, 6.07) is 5.05.